The first-order valence-electron chi connectivity index (χ1n) is 14.9. The fraction of sp³-hybridized carbons (Fsp3) is 0.371. The van der Waals surface area contributed by atoms with Crippen molar-refractivity contribution in [2.24, 2.45) is 0 Å². The molecule has 0 amide bonds. The van der Waals surface area contributed by atoms with E-state index in [1.54, 1.807) is 12.1 Å². The number of unbranched alkanes of at least 4 members (excludes halogenated alkanes) is 6. The Morgan fingerprint density at radius 2 is 1.05 bits per heavy atom. The number of para-hydroxylation sites is 2. The average molecular weight is 557 g/mol. The van der Waals surface area contributed by atoms with Crippen LogP contribution in [0, 0.1) is 6.92 Å². The zero-order chi connectivity index (χ0) is 29.3. The predicted molar refractivity (Wildman–Crippen MR) is 168 cm³/mol. The van der Waals surface area contributed by atoms with E-state index in [-0.39, 0.29) is 11.1 Å². The third-order valence-corrected chi connectivity index (χ3v) is 6.75. The van der Waals surface area contributed by atoms with Gasteiger partial charge in [-0.05, 0) is 80.6 Å². The van der Waals surface area contributed by atoms with E-state index in [9.17, 15) is 9.59 Å². The van der Waals surface area contributed by atoms with Gasteiger partial charge < -0.3 is 19.4 Å². The van der Waals surface area contributed by atoms with Crippen LogP contribution in [0.5, 0.6) is 23.0 Å². The van der Waals surface area contributed by atoms with Crippen molar-refractivity contribution in [1.29, 1.82) is 0 Å². The lowest BCUT2D eigenvalue weighted by Crippen LogP contribution is -2.11. The molecule has 4 aromatic rings. The minimum atomic E-state index is -0.165. The minimum absolute atomic E-state index is 0.161. The van der Waals surface area contributed by atoms with Crippen LogP contribution in [0.3, 0.4) is 0 Å². The Balaban J connectivity index is 0.000000226. The lowest BCUT2D eigenvalue weighted by atomic mass is 10.1. The maximum Gasteiger partial charge on any atom is 0.291 e. The fourth-order valence-corrected chi connectivity index (χ4v) is 4.34. The lowest BCUT2D eigenvalue weighted by molar-refractivity contribution is 0.470. The standard InChI is InChI=1S/C18H23NO2.C17H21NO2/c1-3-4-5-6-10-15-12-13-17(18(20)19-15)21-16-11-8-7-9-14(16)2;1-2-3-4-6-9-14-12-13-16(17(19)18-14)20-15-10-7-5-8-11-15/h7-9,11-13H,3-6,10H2,1-2H3,(H,19,20);5,7-8,10-13H,2-4,6,9H2,1H3,(H,18,19). The average Bonchev–Trinajstić information content (AvgIpc) is 2.98. The molecular weight excluding hydrogens is 512 g/mol. The van der Waals surface area contributed by atoms with Crippen molar-refractivity contribution in [3.63, 3.8) is 0 Å². The number of H-pyrrole nitrogens is 2. The summed E-state index contributed by atoms with van der Waals surface area (Å²) in [5, 5.41) is 0. The second-order valence-corrected chi connectivity index (χ2v) is 10.3. The molecule has 0 aliphatic carbocycles. The molecule has 218 valence electrons. The molecular formula is C35H44N2O4. The van der Waals surface area contributed by atoms with E-state index in [1.165, 1.54) is 38.5 Å². The summed E-state index contributed by atoms with van der Waals surface area (Å²) in [5.41, 5.74) is 2.65. The maximum atomic E-state index is 12.1. The molecule has 2 aromatic carbocycles. The summed E-state index contributed by atoms with van der Waals surface area (Å²) < 4.78 is 11.3. The molecule has 2 aromatic heterocycles. The van der Waals surface area contributed by atoms with Crippen LogP contribution in [0.1, 0.15) is 82.2 Å². The van der Waals surface area contributed by atoms with Crippen molar-refractivity contribution in [2.75, 3.05) is 0 Å². The topological polar surface area (TPSA) is 84.2 Å². The predicted octanol–water partition coefficient (Wildman–Crippen LogP) is 8.89. The van der Waals surface area contributed by atoms with Crippen LogP contribution < -0.4 is 20.6 Å². The third kappa shape index (κ3) is 11.1. The van der Waals surface area contributed by atoms with Crippen molar-refractivity contribution in [2.45, 2.75) is 85.0 Å². The molecule has 0 saturated heterocycles. The number of ether oxygens (including phenoxy) is 2. The number of aromatic amines is 2. The summed E-state index contributed by atoms with van der Waals surface area (Å²) >= 11 is 0. The first-order valence-corrected chi connectivity index (χ1v) is 14.9. The zero-order valence-corrected chi connectivity index (χ0v) is 24.7. The molecule has 41 heavy (non-hydrogen) atoms. The van der Waals surface area contributed by atoms with Gasteiger partial charge in [-0.1, -0.05) is 88.8 Å². The van der Waals surface area contributed by atoms with E-state index < -0.39 is 0 Å². The van der Waals surface area contributed by atoms with Gasteiger partial charge >= 0.3 is 0 Å². The van der Waals surface area contributed by atoms with E-state index in [0.717, 1.165) is 48.4 Å². The van der Waals surface area contributed by atoms with Crippen molar-refractivity contribution in [1.82, 2.24) is 9.97 Å². The number of benzene rings is 2. The molecule has 0 unspecified atom stereocenters. The van der Waals surface area contributed by atoms with Crippen LogP contribution in [0.25, 0.3) is 0 Å². The number of aromatic nitrogens is 2. The third-order valence-electron chi connectivity index (χ3n) is 6.75. The smallest absolute Gasteiger partial charge is 0.291 e. The number of pyridine rings is 2. The van der Waals surface area contributed by atoms with Gasteiger partial charge in [0.05, 0.1) is 0 Å². The first-order chi connectivity index (χ1) is 20.0. The van der Waals surface area contributed by atoms with Crippen LogP contribution in [-0.4, -0.2) is 9.97 Å². The Kier molecular flexibility index (Phi) is 13.5. The van der Waals surface area contributed by atoms with Gasteiger partial charge in [0.15, 0.2) is 11.5 Å². The van der Waals surface area contributed by atoms with Crippen LogP contribution in [0.15, 0.2) is 88.5 Å². The Bertz CT molecular complexity index is 1430. The molecule has 6 heteroatoms. The second-order valence-electron chi connectivity index (χ2n) is 10.3. The second kappa shape index (κ2) is 17.6. The number of hydrogen-bond donors (Lipinski definition) is 2. The van der Waals surface area contributed by atoms with Gasteiger partial charge in [-0.2, -0.15) is 0 Å². The number of hydrogen-bond acceptors (Lipinski definition) is 4. The SMILES string of the molecule is CCCCCCc1ccc(Oc2ccccc2)c(=O)[nH]1.CCCCCCc1ccc(Oc2ccccc2C)c(=O)[nH]1. The Morgan fingerprint density at radius 1 is 0.537 bits per heavy atom. The van der Waals surface area contributed by atoms with Gasteiger partial charge in [0.25, 0.3) is 11.1 Å². The highest BCUT2D eigenvalue weighted by Crippen LogP contribution is 2.22. The maximum absolute atomic E-state index is 12.1. The molecule has 0 radical (unpaired) electrons. The van der Waals surface area contributed by atoms with E-state index in [4.69, 9.17) is 9.47 Å². The fourth-order valence-electron chi connectivity index (χ4n) is 4.34. The van der Waals surface area contributed by atoms with Gasteiger partial charge in [-0.15, -0.1) is 0 Å². The molecule has 2 heterocycles. The summed E-state index contributed by atoms with van der Waals surface area (Å²) in [4.78, 5) is 29.8. The molecule has 6 nitrogen and oxygen atoms in total. The summed E-state index contributed by atoms with van der Waals surface area (Å²) in [7, 11) is 0. The molecule has 0 aliphatic heterocycles. The molecule has 0 bridgehead atoms. The monoisotopic (exact) mass is 556 g/mol. The zero-order valence-electron chi connectivity index (χ0n) is 24.7. The molecule has 4 rings (SSSR count). The Hall–Kier alpha value is -4.06. The van der Waals surface area contributed by atoms with Crippen LogP contribution in [-0.2, 0) is 12.8 Å². The number of nitrogens with one attached hydrogen (secondary N) is 2. The van der Waals surface area contributed by atoms with Gasteiger partial charge in [0.2, 0.25) is 0 Å². The van der Waals surface area contributed by atoms with E-state index in [1.807, 2.05) is 73.7 Å². The largest absolute Gasteiger partial charge is 0.452 e. The van der Waals surface area contributed by atoms with E-state index >= 15 is 0 Å². The number of aryl methyl sites for hydroxylation is 3. The first kappa shape index (κ1) is 31.5. The quantitative estimate of drug-likeness (QED) is 0.152. The van der Waals surface area contributed by atoms with Gasteiger partial charge in [-0.3, -0.25) is 9.59 Å². The van der Waals surface area contributed by atoms with Crippen LogP contribution in [0.2, 0.25) is 0 Å². The highest BCUT2D eigenvalue weighted by molar-refractivity contribution is 5.36. The molecule has 0 aliphatic rings. The van der Waals surface area contributed by atoms with Crippen molar-refractivity contribution < 1.29 is 9.47 Å². The summed E-state index contributed by atoms with van der Waals surface area (Å²) in [5.74, 6) is 2.09. The molecule has 2 N–H and O–H groups in total. The Morgan fingerprint density at radius 3 is 1.56 bits per heavy atom. The van der Waals surface area contributed by atoms with Crippen LogP contribution >= 0.6 is 0 Å². The lowest BCUT2D eigenvalue weighted by Gasteiger charge is -2.08. The molecule has 0 spiro atoms. The Labute approximate surface area is 243 Å². The normalized spacial score (nSPS) is 10.5. The summed E-state index contributed by atoms with van der Waals surface area (Å²) in [6.45, 7) is 6.35. The summed E-state index contributed by atoms with van der Waals surface area (Å²) in [6.07, 6.45) is 11.4. The molecule has 0 fully saturated rings. The molecule has 0 atom stereocenters. The van der Waals surface area contributed by atoms with E-state index in [2.05, 4.69) is 23.8 Å². The van der Waals surface area contributed by atoms with Crippen molar-refractivity contribution in [3.05, 3.63) is 117 Å². The summed E-state index contributed by atoms with van der Waals surface area (Å²) in [6, 6.07) is 24.4. The number of rotatable bonds is 14. The van der Waals surface area contributed by atoms with Crippen molar-refractivity contribution >= 4 is 0 Å². The van der Waals surface area contributed by atoms with Gasteiger partial charge in [0, 0.05) is 11.4 Å². The van der Waals surface area contributed by atoms with Crippen molar-refractivity contribution in [3.8, 4) is 23.0 Å². The highest BCUT2D eigenvalue weighted by Gasteiger charge is 2.06. The molecule has 0 saturated carbocycles. The highest BCUT2D eigenvalue weighted by atomic mass is 16.5. The minimum Gasteiger partial charge on any atom is -0.452 e. The van der Waals surface area contributed by atoms with Gasteiger partial charge in [-0.25, -0.2) is 0 Å². The van der Waals surface area contributed by atoms with Crippen LogP contribution in [0.4, 0.5) is 0 Å². The van der Waals surface area contributed by atoms with Gasteiger partial charge in [0.1, 0.15) is 11.5 Å². The van der Waals surface area contributed by atoms with E-state index in [0.29, 0.717) is 17.2 Å².